The number of hydrogen-bond donors (Lipinski definition) is 4. The first-order chi connectivity index (χ1) is 13.5. The Labute approximate surface area is 163 Å². The van der Waals surface area contributed by atoms with Crippen molar-refractivity contribution >= 4 is 34.3 Å². The van der Waals surface area contributed by atoms with Gasteiger partial charge in [0.15, 0.2) is 0 Å². The molecule has 2 aromatic heterocycles. The molecule has 1 aliphatic carbocycles. The Morgan fingerprint density at radius 3 is 2.75 bits per heavy atom. The van der Waals surface area contributed by atoms with Gasteiger partial charge in [-0.3, -0.25) is 4.79 Å². The summed E-state index contributed by atoms with van der Waals surface area (Å²) in [6.07, 6.45) is 7.39. The standard InChI is InChI=1S/C20H25N7O/c1-27-10-9-14-16(3-2-4-17(14)27)25-19-15(18(22)28)11-23-20(26-19)24-13-7-5-12(21)6-8-13/h2-4,9-13H,5-8,21H2,1H3,(H2,22,28)(H2,23,24,25,26). The van der Waals surface area contributed by atoms with Crippen LogP contribution in [0.5, 0.6) is 0 Å². The van der Waals surface area contributed by atoms with Gasteiger partial charge in [0.1, 0.15) is 11.4 Å². The van der Waals surface area contributed by atoms with E-state index in [4.69, 9.17) is 11.5 Å². The molecule has 0 bridgehead atoms. The quantitative estimate of drug-likeness (QED) is 0.540. The van der Waals surface area contributed by atoms with Crippen molar-refractivity contribution in [1.82, 2.24) is 14.5 Å². The smallest absolute Gasteiger partial charge is 0.254 e. The van der Waals surface area contributed by atoms with E-state index in [1.807, 2.05) is 42.1 Å². The minimum absolute atomic E-state index is 0.254. The highest BCUT2D eigenvalue weighted by Crippen LogP contribution is 2.28. The van der Waals surface area contributed by atoms with Crippen molar-refractivity contribution in [2.24, 2.45) is 18.5 Å². The third-order valence-electron chi connectivity index (χ3n) is 5.34. The van der Waals surface area contributed by atoms with Gasteiger partial charge in [0.25, 0.3) is 5.91 Å². The van der Waals surface area contributed by atoms with Gasteiger partial charge in [-0.05, 0) is 43.9 Å². The number of primary amides is 1. The molecule has 0 radical (unpaired) electrons. The summed E-state index contributed by atoms with van der Waals surface area (Å²) in [7, 11) is 1.99. The van der Waals surface area contributed by atoms with Crippen LogP contribution in [0.2, 0.25) is 0 Å². The Morgan fingerprint density at radius 1 is 1.21 bits per heavy atom. The van der Waals surface area contributed by atoms with Gasteiger partial charge in [0.2, 0.25) is 5.95 Å². The number of benzene rings is 1. The van der Waals surface area contributed by atoms with Crippen LogP contribution in [-0.2, 0) is 7.05 Å². The number of nitrogens with two attached hydrogens (primary N) is 2. The van der Waals surface area contributed by atoms with Crippen LogP contribution < -0.4 is 22.1 Å². The van der Waals surface area contributed by atoms with Crippen LogP contribution in [0, 0.1) is 0 Å². The molecule has 0 saturated heterocycles. The number of hydrogen-bond acceptors (Lipinski definition) is 6. The number of anilines is 3. The SMILES string of the molecule is Cn1ccc2c(Nc3nc(NC4CCC(N)CC4)ncc3C(N)=O)cccc21. The lowest BCUT2D eigenvalue weighted by atomic mass is 9.92. The molecule has 8 nitrogen and oxygen atoms in total. The normalized spacial score (nSPS) is 19.5. The fourth-order valence-electron chi connectivity index (χ4n) is 3.71. The largest absolute Gasteiger partial charge is 0.365 e. The van der Waals surface area contributed by atoms with Gasteiger partial charge in [0.05, 0.1) is 0 Å². The topological polar surface area (TPSA) is 124 Å². The maximum atomic E-state index is 11.9. The molecule has 1 amide bonds. The maximum absolute atomic E-state index is 11.9. The average Bonchev–Trinajstić information content (AvgIpc) is 3.06. The molecule has 0 atom stereocenters. The zero-order valence-electron chi connectivity index (χ0n) is 15.9. The summed E-state index contributed by atoms with van der Waals surface area (Å²) in [5.74, 6) is 0.306. The first-order valence-electron chi connectivity index (χ1n) is 9.51. The fourth-order valence-corrected chi connectivity index (χ4v) is 3.71. The van der Waals surface area contributed by atoms with Crippen molar-refractivity contribution in [2.75, 3.05) is 10.6 Å². The molecule has 3 aromatic rings. The predicted molar refractivity (Wildman–Crippen MR) is 111 cm³/mol. The van der Waals surface area contributed by atoms with E-state index in [0.29, 0.717) is 11.8 Å². The summed E-state index contributed by atoms with van der Waals surface area (Å²) in [5, 5.41) is 7.67. The van der Waals surface area contributed by atoms with E-state index in [1.54, 1.807) is 0 Å². The Bertz CT molecular complexity index is 1000. The molecule has 146 valence electrons. The summed E-state index contributed by atoms with van der Waals surface area (Å²) < 4.78 is 2.04. The van der Waals surface area contributed by atoms with Crippen LogP contribution in [0.25, 0.3) is 10.9 Å². The highest BCUT2D eigenvalue weighted by atomic mass is 16.1. The number of carbonyl (C=O) groups excluding carboxylic acids is 1. The number of carbonyl (C=O) groups is 1. The van der Waals surface area contributed by atoms with E-state index in [1.165, 1.54) is 6.20 Å². The second-order valence-electron chi connectivity index (χ2n) is 7.37. The van der Waals surface area contributed by atoms with E-state index >= 15 is 0 Å². The second kappa shape index (κ2) is 7.47. The number of amides is 1. The first kappa shape index (κ1) is 18.2. The van der Waals surface area contributed by atoms with Gasteiger partial charge in [-0.25, -0.2) is 4.98 Å². The summed E-state index contributed by atoms with van der Waals surface area (Å²) in [5.41, 5.74) is 13.7. The zero-order chi connectivity index (χ0) is 19.7. The lowest BCUT2D eigenvalue weighted by molar-refractivity contribution is 0.100. The highest BCUT2D eigenvalue weighted by molar-refractivity contribution is 6.00. The monoisotopic (exact) mass is 379 g/mol. The lowest BCUT2D eigenvalue weighted by Crippen LogP contribution is -2.33. The third kappa shape index (κ3) is 3.63. The first-order valence-corrected chi connectivity index (χ1v) is 9.51. The van der Waals surface area contributed by atoms with Gasteiger partial charge in [-0.15, -0.1) is 0 Å². The summed E-state index contributed by atoms with van der Waals surface area (Å²) >= 11 is 0. The molecule has 2 heterocycles. The molecule has 1 aliphatic rings. The molecule has 1 aromatic carbocycles. The van der Waals surface area contributed by atoms with Crippen molar-refractivity contribution in [1.29, 1.82) is 0 Å². The van der Waals surface area contributed by atoms with E-state index in [2.05, 4.69) is 20.6 Å². The molecule has 4 rings (SSSR count). The second-order valence-corrected chi connectivity index (χ2v) is 7.37. The van der Waals surface area contributed by atoms with Crippen LogP contribution >= 0.6 is 0 Å². The summed E-state index contributed by atoms with van der Waals surface area (Å²) in [4.78, 5) is 20.7. The van der Waals surface area contributed by atoms with Crippen LogP contribution in [0.4, 0.5) is 17.5 Å². The maximum Gasteiger partial charge on any atom is 0.254 e. The van der Waals surface area contributed by atoms with Gasteiger partial charge >= 0.3 is 0 Å². The van der Waals surface area contributed by atoms with Crippen LogP contribution in [-0.4, -0.2) is 32.5 Å². The van der Waals surface area contributed by atoms with Crippen LogP contribution in [0.1, 0.15) is 36.0 Å². The Morgan fingerprint density at radius 2 is 2.00 bits per heavy atom. The molecule has 0 aliphatic heterocycles. The lowest BCUT2D eigenvalue weighted by Gasteiger charge is -2.27. The van der Waals surface area contributed by atoms with Crippen molar-refractivity contribution < 1.29 is 4.79 Å². The molecule has 1 saturated carbocycles. The predicted octanol–water partition coefficient (Wildman–Crippen LogP) is 2.49. The van der Waals surface area contributed by atoms with Crippen molar-refractivity contribution in [2.45, 2.75) is 37.8 Å². The zero-order valence-corrected chi connectivity index (χ0v) is 15.9. The van der Waals surface area contributed by atoms with Crippen molar-refractivity contribution in [3.63, 3.8) is 0 Å². The van der Waals surface area contributed by atoms with Crippen molar-refractivity contribution in [3.8, 4) is 0 Å². The number of nitrogens with zero attached hydrogens (tertiary/aromatic N) is 3. The van der Waals surface area contributed by atoms with Gasteiger partial charge in [-0.1, -0.05) is 6.07 Å². The number of rotatable bonds is 5. The number of nitrogens with one attached hydrogen (secondary N) is 2. The minimum atomic E-state index is -0.571. The third-order valence-corrected chi connectivity index (χ3v) is 5.34. The number of aryl methyl sites for hydroxylation is 1. The summed E-state index contributed by atoms with van der Waals surface area (Å²) in [6.45, 7) is 0. The molecule has 8 heteroatoms. The molecule has 0 spiro atoms. The number of fused-ring (bicyclic) bond motifs is 1. The number of aromatic nitrogens is 3. The molecular formula is C20H25N7O. The highest BCUT2D eigenvalue weighted by Gasteiger charge is 2.20. The molecule has 28 heavy (non-hydrogen) atoms. The van der Waals surface area contributed by atoms with Crippen molar-refractivity contribution in [3.05, 3.63) is 42.2 Å². The molecule has 6 N–H and O–H groups in total. The van der Waals surface area contributed by atoms with Gasteiger partial charge in [0, 0.05) is 48.1 Å². The Hall–Kier alpha value is -3.13. The van der Waals surface area contributed by atoms with E-state index < -0.39 is 5.91 Å². The van der Waals surface area contributed by atoms with E-state index in [9.17, 15) is 4.79 Å². The van der Waals surface area contributed by atoms with Gasteiger partial charge in [-0.2, -0.15) is 4.98 Å². The average molecular weight is 379 g/mol. The van der Waals surface area contributed by atoms with E-state index in [-0.39, 0.29) is 17.6 Å². The fraction of sp³-hybridized carbons (Fsp3) is 0.350. The van der Waals surface area contributed by atoms with Crippen LogP contribution in [0.15, 0.2) is 36.7 Å². The van der Waals surface area contributed by atoms with Crippen LogP contribution in [0.3, 0.4) is 0 Å². The van der Waals surface area contributed by atoms with E-state index in [0.717, 1.165) is 42.3 Å². The Kier molecular flexibility index (Phi) is 4.87. The molecule has 0 unspecified atom stereocenters. The minimum Gasteiger partial charge on any atom is -0.365 e. The molecule has 1 fully saturated rings. The Balaban J connectivity index is 1.63. The molecular weight excluding hydrogens is 354 g/mol. The summed E-state index contributed by atoms with van der Waals surface area (Å²) in [6, 6.07) is 8.53. The van der Waals surface area contributed by atoms with Gasteiger partial charge < -0.3 is 26.7 Å².